The van der Waals surface area contributed by atoms with E-state index in [1.165, 1.54) is 43.1 Å². The molecule has 21 aromatic rings. The summed E-state index contributed by atoms with van der Waals surface area (Å²) >= 11 is 0. The number of aromatic nitrogens is 6. The van der Waals surface area contributed by atoms with E-state index in [1.807, 2.05) is 18.2 Å². The van der Waals surface area contributed by atoms with E-state index in [1.54, 1.807) is 0 Å². The molecule has 0 radical (unpaired) electrons. The summed E-state index contributed by atoms with van der Waals surface area (Å²) in [6, 6.07) is 119. The molecule has 6 aromatic heterocycles. The molecule has 0 N–H and O–H groups in total. The quantitative estimate of drug-likeness (QED) is 0.140. The number of benzene rings is 15. The minimum absolute atomic E-state index is 0.527. The summed E-state index contributed by atoms with van der Waals surface area (Å²) in [5, 5.41) is 24.2. The van der Waals surface area contributed by atoms with Crippen molar-refractivity contribution in [2.24, 2.45) is 0 Å². The number of aryl methyl sites for hydroxylation is 1. The van der Waals surface area contributed by atoms with Crippen molar-refractivity contribution in [3.63, 3.8) is 0 Å². The fraction of sp³-hybridized carbons (Fsp3) is 0.0108. The Morgan fingerprint density at radius 3 is 0.881 bits per heavy atom. The monoisotopic (exact) mass is 1280 g/mol. The van der Waals surface area contributed by atoms with Gasteiger partial charge < -0.3 is 27.4 Å². The fourth-order valence-corrected chi connectivity index (χ4v) is 17.1. The summed E-state index contributed by atoms with van der Waals surface area (Å²) in [6.07, 6.45) is 0. The topological polar surface area (TPSA) is 57.7 Å². The van der Waals surface area contributed by atoms with Crippen LogP contribution in [-0.4, -0.2) is 27.4 Å². The number of nitriles is 1. The van der Waals surface area contributed by atoms with Gasteiger partial charge in [-0.15, -0.1) is 0 Å². The Morgan fingerprint density at radius 2 is 0.564 bits per heavy atom. The first-order valence-corrected chi connectivity index (χ1v) is 34.2. The maximum absolute atomic E-state index is 10.2. The molecular formula is C93H56N8. The van der Waals surface area contributed by atoms with Crippen LogP contribution in [0.5, 0.6) is 0 Å². The van der Waals surface area contributed by atoms with Gasteiger partial charge in [0.15, 0.2) is 5.69 Å². The van der Waals surface area contributed by atoms with Crippen LogP contribution in [0, 0.1) is 24.8 Å². The van der Waals surface area contributed by atoms with Crippen molar-refractivity contribution in [3.8, 4) is 62.4 Å². The molecule has 468 valence electrons. The van der Waals surface area contributed by atoms with Crippen molar-refractivity contribution in [2.75, 3.05) is 0 Å². The highest BCUT2D eigenvalue weighted by Gasteiger charge is 2.26. The minimum atomic E-state index is 0.527. The smallest absolute Gasteiger partial charge is 0.188 e. The zero-order valence-electron chi connectivity index (χ0n) is 54.7. The van der Waals surface area contributed by atoms with E-state index < -0.39 is 0 Å². The van der Waals surface area contributed by atoms with Gasteiger partial charge in [0.2, 0.25) is 0 Å². The van der Waals surface area contributed by atoms with E-state index >= 15 is 0 Å². The van der Waals surface area contributed by atoms with E-state index in [0.29, 0.717) is 11.3 Å². The first kappa shape index (κ1) is 56.3. The summed E-state index contributed by atoms with van der Waals surface area (Å²) in [6.45, 7) is 10.9. The van der Waals surface area contributed by atoms with Crippen LogP contribution in [0.3, 0.4) is 0 Å². The maximum atomic E-state index is 10.2. The van der Waals surface area contributed by atoms with Gasteiger partial charge in [-0.25, -0.2) is 4.85 Å². The Balaban J connectivity index is 0.858. The van der Waals surface area contributed by atoms with Crippen molar-refractivity contribution in [3.05, 3.63) is 344 Å². The molecule has 0 aliphatic rings. The first-order valence-electron chi connectivity index (χ1n) is 34.2. The second kappa shape index (κ2) is 21.5. The molecule has 8 heteroatoms. The molecule has 0 fully saturated rings. The zero-order valence-corrected chi connectivity index (χ0v) is 54.7. The van der Waals surface area contributed by atoms with Gasteiger partial charge in [-0.1, -0.05) is 170 Å². The van der Waals surface area contributed by atoms with Crippen LogP contribution in [0.4, 0.5) is 5.69 Å². The van der Waals surface area contributed by atoms with Crippen LogP contribution in [0.15, 0.2) is 322 Å². The van der Waals surface area contributed by atoms with Gasteiger partial charge in [-0.2, -0.15) is 5.26 Å². The lowest BCUT2D eigenvalue weighted by Gasteiger charge is -2.21. The van der Waals surface area contributed by atoms with Crippen LogP contribution in [-0.2, 0) is 0 Å². The molecule has 0 bridgehead atoms. The highest BCUT2D eigenvalue weighted by molar-refractivity contribution is 6.17. The molecule has 0 aliphatic carbocycles. The lowest BCUT2D eigenvalue weighted by Crippen LogP contribution is -2.03. The molecule has 8 nitrogen and oxygen atoms in total. The molecule has 0 saturated carbocycles. The predicted octanol–water partition coefficient (Wildman–Crippen LogP) is 24.3. The molecule has 101 heavy (non-hydrogen) atoms. The summed E-state index contributed by atoms with van der Waals surface area (Å²) in [7, 11) is 0. The van der Waals surface area contributed by atoms with E-state index in [4.69, 9.17) is 6.57 Å². The third-order valence-electron chi connectivity index (χ3n) is 21.4. The first-order chi connectivity index (χ1) is 49.9. The molecule has 21 rings (SSSR count). The van der Waals surface area contributed by atoms with E-state index in [0.717, 1.165) is 150 Å². The van der Waals surface area contributed by atoms with Gasteiger partial charge in [0, 0.05) is 92.9 Å². The molecule has 0 unspecified atom stereocenters. The lowest BCUT2D eigenvalue weighted by molar-refractivity contribution is 1.15. The molecular weight excluding hydrogens is 1230 g/mol. The van der Waals surface area contributed by atoms with Gasteiger partial charge in [0.25, 0.3) is 0 Å². The van der Waals surface area contributed by atoms with Crippen LogP contribution in [0.25, 0.3) is 192 Å². The van der Waals surface area contributed by atoms with Crippen molar-refractivity contribution < 1.29 is 0 Å². The number of hydrogen-bond acceptors (Lipinski definition) is 1. The number of para-hydroxylation sites is 8. The third kappa shape index (κ3) is 8.16. The summed E-state index contributed by atoms with van der Waals surface area (Å²) in [5.41, 5.74) is 25.3. The van der Waals surface area contributed by atoms with Gasteiger partial charge in [-0.05, 0) is 181 Å². The SMILES string of the molecule is [C-]#[N+]c1ccc(-n2c3ccc(-n4c5ccccc5c5ccccc54)cc3c3cc(-n4c5ccccc5c5ccccc54)ccc32)c(-c2ccc(-c3ccc(C#N)cc3C)cc2-n2c3ccc(-n4c5ccccc5c5ccccc54)cc3c3cc(-n4c5ccccc5c5ccccc54)ccc32)c1. The van der Waals surface area contributed by atoms with Gasteiger partial charge in [-0.3, -0.25) is 0 Å². The zero-order chi connectivity index (χ0) is 66.7. The van der Waals surface area contributed by atoms with Gasteiger partial charge >= 0.3 is 0 Å². The molecule has 0 spiro atoms. The number of nitrogens with zero attached hydrogens (tertiary/aromatic N) is 8. The number of hydrogen-bond donors (Lipinski definition) is 0. The maximum Gasteiger partial charge on any atom is 0.188 e. The molecule has 0 amide bonds. The second-order valence-electron chi connectivity index (χ2n) is 26.6. The number of rotatable bonds is 8. The average molecular weight is 1290 g/mol. The van der Waals surface area contributed by atoms with Crippen LogP contribution in [0.1, 0.15) is 11.1 Å². The Morgan fingerprint density at radius 1 is 0.257 bits per heavy atom. The highest BCUT2D eigenvalue weighted by atomic mass is 15.0. The van der Waals surface area contributed by atoms with Gasteiger partial charge in [0.05, 0.1) is 95.8 Å². The van der Waals surface area contributed by atoms with Crippen molar-refractivity contribution in [1.29, 1.82) is 5.26 Å². The summed E-state index contributed by atoms with van der Waals surface area (Å²) in [4.78, 5) is 4.22. The Hall–Kier alpha value is -13.9. The predicted molar refractivity (Wildman–Crippen MR) is 419 cm³/mol. The number of fused-ring (bicyclic) bond motifs is 18. The van der Waals surface area contributed by atoms with E-state index in [-0.39, 0.29) is 0 Å². The minimum Gasteiger partial charge on any atom is -0.309 e. The Kier molecular flexibility index (Phi) is 12.0. The van der Waals surface area contributed by atoms with E-state index in [9.17, 15) is 5.26 Å². The fourth-order valence-electron chi connectivity index (χ4n) is 17.1. The molecule has 0 atom stereocenters. The van der Waals surface area contributed by atoms with Crippen LogP contribution < -0.4 is 0 Å². The van der Waals surface area contributed by atoms with E-state index in [2.05, 4.69) is 349 Å². The van der Waals surface area contributed by atoms with Crippen molar-refractivity contribution in [1.82, 2.24) is 27.4 Å². The van der Waals surface area contributed by atoms with Crippen molar-refractivity contribution >= 4 is 137 Å². The largest absolute Gasteiger partial charge is 0.309 e. The average Bonchev–Trinajstić information content (AvgIpc) is 1.60. The Labute approximate surface area is 579 Å². The lowest BCUT2D eigenvalue weighted by atomic mass is 9.93. The molecule has 6 heterocycles. The Bertz CT molecular complexity index is 6710. The second-order valence-corrected chi connectivity index (χ2v) is 26.6. The molecule has 0 aliphatic heterocycles. The van der Waals surface area contributed by atoms with Crippen LogP contribution >= 0.6 is 0 Å². The van der Waals surface area contributed by atoms with Gasteiger partial charge in [0.1, 0.15) is 0 Å². The third-order valence-corrected chi connectivity index (χ3v) is 21.4. The van der Waals surface area contributed by atoms with Crippen LogP contribution in [0.2, 0.25) is 0 Å². The summed E-state index contributed by atoms with van der Waals surface area (Å²) < 4.78 is 14.5. The van der Waals surface area contributed by atoms with Crippen molar-refractivity contribution in [2.45, 2.75) is 6.92 Å². The summed E-state index contributed by atoms with van der Waals surface area (Å²) in [5.74, 6) is 0. The highest BCUT2D eigenvalue weighted by Crippen LogP contribution is 2.47. The molecule has 0 saturated heterocycles. The molecule has 15 aromatic carbocycles. The normalized spacial score (nSPS) is 12.0. The standard InChI is InChI=1S/C93H56N8/c1-57-49-58(56-94)35-42-65(57)59-36-43-74(93(50-59)101-91-47-40-63(98-84-31-15-7-23-70(84)71-24-8-16-32-85(71)98)54-78(91)79-55-64(41-48-92(79)101)99-86-33-17-9-25-72(86)73-26-10-18-34-87(73)99)75-51-60(95-2)37-44-88(75)100-89-45-38-61(96-80-27-11-3-19-66(80)67-20-4-12-28-81(67)96)52-76(89)77-53-62(39-46-90(77)100)97-82-29-13-5-21-68(82)69-22-6-14-30-83(69)97/h3-55H,1H3.